The highest BCUT2D eigenvalue weighted by Gasteiger charge is 2.31. The van der Waals surface area contributed by atoms with Crippen molar-refractivity contribution in [3.05, 3.63) is 24.8 Å². The second-order valence-electron chi connectivity index (χ2n) is 5.62. The second-order valence-corrected chi connectivity index (χ2v) is 5.62. The highest BCUT2D eigenvalue weighted by Crippen LogP contribution is 2.36. The Bertz CT molecular complexity index is 589. The number of hydrogen-bond donors (Lipinski definition) is 0. The van der Waals surface area contributed by atoms with Gasteiger partial charge >= 0.3 is 0 Å². The van der Waals surface area contributed by atoms with Crippen LogP contribution in [0.3, 0.4) is 0 Å². The Morgan fingerprint density at radius 3 is 3.22 bits per heavy atom. The van der Waals surface area contributed by atoms with Crippen LogP contribution in [0.2, 0.25) is 0 Å². The van der Waals surface area contributed by atoms with Crippen LogP contribution in [0.25, 0.3) is 11.0 Å². The van der Waals surface area contributed by atoms with Gasteiger partial charge in [-0.25, -0.2) is 9.97 Å². The minimum absolute atomic E-state index is 0.0805. The number of hydrogen-bond acceptors (Lipinski definition) is 3. The fourth-order valence-electron chi connectivity index (χ4n) is 2.97. The van der Waals surface area contributed by atoms with Crippen molar-refractivity contribution in [1.29, 1.82) is 0 Å². The maximum absolute atomic E-state index is 11.6. The lowest BCUT2D eigenvalue weighted by Crippen LogP contribution is -2.30. The molecule has 1 atom stereocenters. The van der Waals surface area contributed by atoms with E-state index in [4.69, 9.17) is 0 Å². The number of ketones is 1. The number of carbonyl (C=O) groups is 1. The molecule has 0 saturated heterocycles. The van der Waals surface area contributed by atoms with Crippen LogP contribution in [0.4, 0.5) is 0 Å². The van der Waals surface area contributed by atoms with Crippen LogP contribution in [0, 0.1) is 5.41 Å². The largest absolute Gasteiger partial charge is 0.344 e. The number of rotatable bonds is 2. The molecule has 0 amide bonds. The lowest BCUT2D eigenvalue weighted by molar-refractivity contribution is -0.123. The third-order valence-electron chi connectivity index (χ3n) is 3.86. The van der Waals surface area contributed by atoms with Gasteiger partial charge in [-0.3, -0.25) is 4.79 Å². The zero-order chi connectivity index (χ0) is 12.6. The number of Topliss-reactive ketones (excluding diaryl/α,β-unsaturated/α-hetero) is 1. The summed E-state index contributed by atoms with van der Waals surface area (Å²) in [7, 11) is 0. The number of carbonyl (C=O) groups excluding carboxylic acids is 1. The summed E-state index contributed by atoms with van der Waals surface area (Å²) in [6, 6.07) is 2.00. The maximum Gasteiger partial charge on any atom is 0.133 e. The summed E-state index contributed by atoms with van der Waals surface area (Å²) in [4.78, 5) is 19.9. The smallest absolute Gasteiger partial charge is 0.133 e. The van der Waals surface area contributed by atoms with E-state index in [0.717, 1.165) is 36.8 Å². The average molecular weight is 243 g/mol. The predicted molar refractivity (Wildman–Crippen MR) is 69.1 cm³/mol. The van der Waals surface area contributed by atoms with Crippen molar-refractivity contribution in [3.8, 4) is 0 Å². The van der Waals surface area contributed by atoms with E-state index in [1.165, 1.54) is 0 Å². The molecule has 0 bridgehead atoms. The van der Waals surface area contributed by atoms with Crippen LogP contribution in [-0.2, 0) is 11.3 Å². The van der Waals surface area contributed by atoms with Crippen LogP contribution in [-0.4, -0.2) is 20.3 Å². The van der Waals surface area contributed by atoms with Crippen molar-refractivity contribution in [3.63, 3.8) is 0 Å². The summed E-state index contributed by atoms with van der Waals surface area (Å²) in [6.45, 7) is 3.08. The Morgan fingerprint density at radius 2 is 2.39 bits per heavy atom. The van der Waals surface area contributed by atoms with E-state index < -0.39 is 0 Å². The predicted octanol–water partition coefficient (Wildman–Crippen LogP) is 2.58. The zero-order valence-corrected chi connectivity index (χ0v) is 10.6. The zero-order valence-electron chi connectivity index (χ0n) is 10.6. The molecule has 1 fully saturated rings. The number of aromatic nitrogens is 3. The van der Waals surface area contributed by atoms with E-state index >= 15 is 0 Å². The molecule has 0 aromatic carbocycles. The van der Waals surface area contributed by atoms with Crippen molar-refractivity contribution < 1.29 is 4.79 Å². The standard InChI is InChI=1S/C14H17N3O/c1-14(5-2-3-11(18)7-14)9-17-6-4-12-13(17)8-15-10-16-12/h4,6,8,10H,2-3,5,7,9H2,1H3. The van der Waals surface area contributed by atoms with Gasteiger partial charge in [0.05, 0.1) is 17.2 Å². The first-order valence-corrected chi connectivity index (χ1v) is 6.43. The summed E-state index contributed by atoms with van der Waals surface area (Å²) in [5.41, 5.74) is 2.10. The first-order valence-electron chi connectivity index (χ1n) is 6.43. The Morgan fingerprint density at radius 1 is 1.50 bits per heavy atom. The Labute approximate surface area is 106 Å². The summed E-state index contributed by atoms with van der Waals surface area (Å²) in [5, 5.41) is 0. The Hall–Kier alpha value is -1.71. The highest BCUT2D eigenvalue weighted by molar-refractivity contribution is 5.80. The summed E-state index contributed by atoms with van der Waals surface area (Å²) < 4.78 is 2.17. The summed E-state index contributed by atoms with van der Waals surface area (Å²) in [6.07, 6.45) is 9.04. The highest BCUT2D eigenvalue weighted by atomic mass is 16.1. The van der Waals surface area contributed by atoms with Gasteiger partial charge in [-0.1, -0.05) is 6.92 Å². The molecule has 1 aliphatic carbocycles. The number of nitrogens with zero attached hydrogens (tertiary/aromatic N) is 3. The molecule has 1 unspecified atom stereocenters. The van der Waals surface area contributed by atoms with E-state index in [9.17, 15) is 4.79 Å². The van der Waals surface area contributed by atoms with Crippen molar-refractivity contribution in [2.45, 2.75) is 39.2 Å². The minimum atomic E-state index is 0.0805. The van der Waals surface area contributed by atoms with E-state index in [2.05, 4.69) is 21.5 Å². The van der Waals surface area contributed by atoms with E-state index in [1.807, 2.05) is 18.5 Å². The molecule has 2 heterocycles. The van der Waals surface area contributed by atoms with Gasteiger partial charge < -0.3 is 4.57 Å². The molecular formula is C14H17N3O. The summed E-state index contributed by atoms with van der Waals surface area (Å²) in [5.74, 6) is 0.400. The first-order chi connectivity index (χ1) is 8.66. The molecule has 4 nitrogen and oxygen atoms in total. The number of fused-ring (bicyclic) bond motifs is 1. The van der Waals surface area contributed by atoms with E-state index in [0.29, 0.717) is 12.2 Å². The Balaban J connectivity index is 1.89. The van der Waals surface area contributed by atoms with Crippen molar-refractivity contribution in [2.75, 3.05) is 0 Å². The monoisotopic (exact) mass is 243 g/mol. The van der Waals surface area contributed by atoms with E-state index in [-0.39, 0.29) is 5.41 Å². The van der Waals surface area contributed by atoms with Gasteiger partial charge in [0.25, 0.3) is 0 Å². The molecule has 2 aromatic rings. The fourth-order valence-corrected chi connectivity index (χ4v) is 2.97. The molecule has 0 spiro atoms. The molecule has 0 N–H and O–H groups in total. The summed E-state index contributed by atoms with van der Waals surface area (Å²) >= 11 is 0. The van der Waals surface area contributed by atoms with Crippen LogP contribution in [0.1, 0.15) is 32.6 Å². The van der Waals surface area contributed by atoms with E-state index in [1.54, 1.807) is 6.33 Å². The Kier molecular flexibility index (Phi) is 2.65. The quantitative estimate of drug-likeness (QED) is 0.814. The van der Waals surface area contributed by atoms with Gasteiger partial charge in [0.2, 0.25) is 0 Å². The lowest BCUT2D eigenvalue weighted by atomic mass is 9.75. The van der Waals surface area contributed by atoms with Gasteiger partial charge in [0.1, 0.15) is 12.1 Å². The molecule has 18 heavy (non-hydrogen) atoms. The lowest BCUT2D eigenvalue weighted by Gasteiger charge is -2.33. The molecule has 94 valence electrons. The minimum Gasteiger partial charge on any atom is -0.344 e. The second kappa shape index (κ2) is 4.19. The van der Waals surface area contributed by atoms with Crippen LogP contribution in [0.5, 0.6) is 0 Å². The fraction of sp³-hybridized carbons (Fsp3) is 0.500. The maximum atomic E-state index is 11.6. The van der Waals surface area contributed by atoms with Crippen LogP contribution < -0.4 is 0 Å². The van der Waals surface area contributed by atoms with Gasteiger partial charge in [-0.05, 0) is 24.3 Å². The van der Waals surface area contributed by atoms with Gasteiger partial charge in [0.15, 0.2) is 0 Å². The first kappa shape index (κ1) is 11.4. The third kappa shape index (κ3) is 2.03. The van der Waals surface area contributed by atoms with Gasteiger partial charge in [-0.2, -0.15) is 0 Å². The molecule has 2 aromatic heterocycles. The molecule has 4 heteroatoms. The third-order valence-corrected chi connectivity index (χ3v) is 3.86. The molecule has 0 aliphatic heterocycles. The molecule has 3 rings (SSSR count). The van der Waals surface area contributed by atoms with Crippen LogP contribution >= 0.6 is 0 Å². The van der Waals surface area contributed by atoms with Crippen molar-refractivity contribution in [1.82, 2.24) is 14.5 Å². The molecule has 0 radical (unpaired) electrons. The molecular weight excluding hydrogens is 226 g/mol. The van der Waals surface area contributed by atoms with Gasteiger partial charge in [-0.15, -0.1) is 0 Å². The molecule has 1 aliphatic rings. The molecule has 1 saturated carbocycles. The SMILES string of the molecule is CC1(Cn2ccc3ncncc32)CCCC(=O)C1. The van der Waals surface area contributed by atoms with Crippen LogP contribution in [0.15, 0.2) is 24.8 Å². The van der Waals surface area contributed by atoms with Crippen molar-refractivity contribution >= 4 is 16.8 Å². The topological polar surface area (TPSA) is 47.8 Å². The average Bonchev–Trinajstić information content (AvgIpc) is 2.72. The van der Waals surface area contributed by atoms with Crippen molar-refractivity contribution in [2.24, 2.45) is 5.41 Å². The normalized spacial score (nSPS) is 24.6. The van der Waals surface area contributed by atoms with Gasteiger partial charge in [0, 0.05) is 25.6 Å².